The van der Waals surface area contributed by atoms with Crippen molar-refractivity contribution < 1.29 is 4.74 Å². The Morgan fingerprint density at radius 3 is 2.87 bits per heavy atom. The topological polar surface area (TPSA) is 47.3 Å². The summed E-state index contributed by atoms with van der Waals surface area (Å²) in [6, 6.07) is 6.19. The van der Waals surface area contributed by atoms with Crippen LogP contribution in [0.3, 0.4) is 0 Å². The molecule has 0 aliphatic heterocycles. The molecule has 0 aliphatic carbocycles. The van der Waals surface area contributed by atoms with E-state index in [4.69, 9.17) is 10.5 Å². The first-order valence-corrected chi connectivity index (χ1v) is 6.14. The number of anilines is 1. The summed E-state index contributed by atoms with van der Waals surface area (Å²) < 4.78 is 4.99. The molecule has 1 aromatic rings. The van der Waals surface area contributed by atoms with Crippen LogP contribution >= 0.6 is 11.8 Å². The van der Waals surface area contributed by atoms with Crippen molar-refractivity contribution in [2.75, 3.05) is 31.8 Å². The number of hydrogen-bond donors (Lipinski definition) is 2. The number of thioether (sulfide) groups is 1. The number of nitrogens with two attached hydrogens (primary N) is 1. The van der Waals surface area contributed by atoms with E-state index in [9.17, 15) is 0 Å². The summed E-state index contributed by atoms with van der Waals surface area (Å²) in [5, 5.41) is 3.32. The predicted molar refractivity (Wildman–Crippen MR) is 66.5 cm³/mol. The zero-order valence-electron chi connectivity index (χ0n) is 9.25. The fourth-order valence-corrected chi connectivity index (χ4v) is 2.08. The molecule has 0 amide bonds. The molecule has 1 rings (SSSR count). The van der Waals surface area contributed by atoms with E-state index < -0.39 is 0 Å². The van der Waals surface area contributed by atoms with Crippen molar-refractivity contribution in [1.82, 2.24) is 0 Å². The molecule has 0 atom stereocenters. The highest BCUT2D eigenvalue weighted by Gasteiger charge is 2.04. The second-order valence-corrected chi connectivity index (χ2v) is 3.96. The lowest BCUT2D eigenvalue weighted by atomic mass is 10.2. The number of ether oxygens (including phenoxy) is 1. The van der Waals surface area contributed by atoms with E-state index in [1.54, 1.807) is 18.9 Å². The van der Waals surface area contributed by atoms with Crippen LogP contribution < -0.4 is 11.1 Å². The van der Waals surface area contributed by atoms with Gasteiger partial charge in [0.25, 0.3) is 0 Å². The molecule has 0 bridgehead atoms. The molecule has 3 N–H and O–H groups in total. The Morgan fingerprint density at radius 1 is 1.47 bits per heavy atom. The minimum absolute atomic E-state index is 0.562. The molecule has 0 radical (unpaired) electrons. The predicted octanol–water partition coefficient (Wildman–Crippen LogP) is 1.93. The molecule has 0 unspecified atom stereocenters. The zero-order chi connectivity index (χ0) is 11.1. The Labute approximate surface area is 95.4 Å². The molecule has 15 heavy (non-hydrogen) atoms. The SMILES string of the molecule is COCCNc1cccc(SC)c1CN. The van der Waals surface area contributed by atoms with Crippen LogP contribution in [0, 0.1) is 0 Å². The smallest absolute Gasteiger partial charge is 0.0635 e. The lowest BCUT2D eigenvalue weighted by Crippen LogP contribution is -2.11. The normalized spacial score (nSPS) is 10.3. The molecule has 0 fully saturated rings. The van der Waals surface area contributed by atoms with Crippen LogP contribution in [0.4, 0.5) is 5.69 Å². The molecular formula is C11H18N2OS. The third-order valence-electron chi connectivity index (χ3n) is 2.18. The van der Waals surface area contributed by atoms with Crippen molar-refractivity contribution in [3.05, 3.63) is 23.8 Å². The minimum atomic E-state index is 0.562. The van der Waals surface area contributed by atoms with E-state index in [2.05, 4.69) is 23.7 Å². The van der Waals surface area contributed by atoms with Gasteiger partial charge in [0, 0.05) is 36.3 Å². The molecule has 0 saturated heterocycles. The molecule has 84 valence electrons. The molecule has 3 nitrogen and oxygen atoms in total. The highest BCUT2D eigenvalue weighted by atomic mass is 32.2. The number of hydrogen-bond acceptors (Lipinski definition) is 4. The summed E-state index contributed by atoms with van der Waals surface area (Å²) in [6.45, 7) is 2.07. The molecule has 0 spiro atoms. The Kier molecular flexibility index (Phi) is 5.53. The first kappa shape index (κ1) is 12.4. The van der Waals surface area contributed by atoms with E-state index in [1.807, 2.05) is 6.07 Å². The Bertz CT molecular complexity index is 305. The van der Waals surface area contributed by atoms with Gasteiger partial charge in [-0.15, -0.1) is 11.8 Å². The lowest BCUT2D eigenvalue weighted by molar-refractivity contribution is 0.211. The van der Waals surface area contributed by atoms with Gasteiger partial charge in [0.2, 0.25) is 0 Å². The molecule has 1 aromatic carbocycles. The number of nitrogens with one attached hydrogen (secondary N) is 1. The van der Waals surface area contributed by atoms with Crippen molar-refractivity contribution >= 4 is 17.4 Å². The van der Waals surface area contributed by atoms with E-state index in [1.165, 1.54) is 10.5 Å². The summed E-state index contributed by atoms with van der Waals surface area (Å²) in [4.78, 5) is 1.24. The van der Waals surface area contributed by atoms with Gasteiger partial charge in [0.1, 0.15) is 0 Å². The fraction of sp³-hybridized carbons (Fsp3) is 0.455. The van der Waals surface area contributed by atoms with Gasteiger partial charge in [-0.25, -0.2) is 0 Å². The highest BCUT2D eigenvalue weighted by Crippen LogP contribution is 2.26. The minimum Gasteiger partial charge on any atom is -0.383 e. The van der Waals surface area contributed by atoms with Crippen molar-refractivity contribution in [1.29, 1.82) is 0 Å². The maximum atomic E-state index is 5.75. The molecule has 4 heteroatoms. The van der Waals surface area contributed by atoms with Crippen molar-refractivity contribution in [3.63, 3.8) is 0 Å². The van der Waals surface area contributed by atoms with E-state index >= 15 is 0 Å². The lowest BCUT2D eigenvalue weighted by Gasteiger charge is -2.13. The second kappa shape index (κ2) is 6.71. The summed E-state index contributed by atoms with van der Waals surface area (Å²) in [7, 11) is 1.70. The van der Waals surface area contributed by atoms with Gasteiger partial charge in [-0.2, -0.15) is 0 Å². The maximum absolute atomic E-state index is 5.75. The Balaban J connectivity index is 2.76. The summed E-state index contributed by atoms with van der Waals surface area (Å²) >= 11 is 1.72. The van der Waals surface area contributed by atoms with Crippen LogP contribution in [0.1, 0.15) is 5.56 Å². The molecule has 0 saturated carbocycles. The van der Waals surface area contributed by atoms with Crippen LogP contribution in [-0.2, 0) is 11.3 Å². The van der Waals surface area contributed by atoms with E-state index in [0.29, 0.717) is 13.2 Å². The van der Waals surface area contributed by atoms with Gasteiger partial charge >= 0.3 is 0 Å². The van der Waals surface area contributed by atoms with Gasteiger partial charge in [-0.05, 0) is 18.4 Å². The van der Waals surface area contributed by atoms with E-state index in [-0.39, 0.29) is 0 Å². The van der Waals surface area contributed by atoms with Crippen LogP contribution in [-0.4, -0.2) is 26.5 Å². The van der Waals surface area contributed by atoms with Crippen LogP contribution in [0.25, 0.3) is 0 Å². The van der Waals surface area contributed by atoms with Gasteiger partial charge in [0.05, 0.1) is 6.61 Å². The Hall–Kier alpha value is -0.710. The first-order chi connectivity index (χ1) is 7.33. The van der Waals surface area contributed by atoms with Gasteiger partial charge in [0.15, 0.2) is 0 Å². The van der Waals surface area contributed by atoms with Gasteiger partial charge in [-0.1, -0.05) is 6.07 Å². The molecular weight excluding hydrogens is 208 g/mol. The van der Waals surface area contributed by atoms with Crippen LogP contribution in [0.5, 0.6) is 0 Å². The molecule has 0 aromatic heterocycles. The van der Waals surface area contributed by atoms with E-state index in [0.717, 1.165) is 12.2 Å². The highest BCUT2D eigenvalue weighted by molar-refractivity contribution is 7.98. The zero-order valence-corrected chi connectivity index (χ0v) is 10.1. The fourth-order valence-electron chi connectivity index (χ4n) is 1.42. The standard InChI is InChI=1S/C11H18N2OS/c1-14-7-6-13-10-4-3-5-11(15-2)9(10)8-12/h3-5,13H,6-8,12H2,1-2H3. The number of rotatable bonds is 6. The number of benzene rings is 1. The van der Waals surface area contributed by atoms with Crippen LogP contribution in [0.2, 0.25) is 0 Å². The summed E-state index contributed by atoms with van der Waals surface area (Å²) in [5.41, 5.74) is 8.04. The monoisotopic (exact) mass is 226 g/mol. The third kappa shape index (κ3) is 3.41. The first-order valence-electron chi connectivity index (χ1n) is 4.92. The number of methoxy groups -OCH3 is 1. The quantitative estimate of drug-likeness (QED) is 0.575. The average Bonchev–Trinajstić information content (AvgIpc) is 2.29. The Morgan fingerprint density at radius 2 is 2.27 bits per heavy atom. The molecule has 0 aliphatic rings. The van der Waals surface area contributed by atoms with Crippen molar-refractivity contribution in [3.8, 4) is 0 Å². The van der Waals surface area contributed by atoms with Crippen LogP contribution in [0.15, 0.2) is 23.1 Å². The van der Waals surface area contributed by atoms with Gasteiger partial charge in [-0.3, -0.25) is 0 Å². The summed E-state index contributed by atoms with van der Waals surface area (Å²) in [6.07, 6.45) is 2.06. The summed E-state index contributed by atoms with van der Waals surface area (Å²) in [5.74, 6) is 0. The average molecular weight is 226 g/mol. The second-order valence-electron chi connectivity index (χ2n) is 3.11. The van der Waals surface area contributed by atoms with Crippen molar-refractivity contribution in [2.45, 2.75) is 11.4 Å². The van der Waals surface area contributed by atoms with Gasteiger partial charge < -0.3 is 15.8 Å². The largest absolute Gasteiger partial charge is 0.383 e. The van der Waals surface area contributed by atoms with Crippen molar-refractivity contribution in [2.24, 2.45) is 5.73 Å². The maximum Gasteiger partial charge on any atom is 0.0635 e. The third-order valence-corrected chi connectivity index (χ3v) is 3.00. The molecule has 0 heterocycles.